The van der Waals surface area contributed by atoms with E-state index in [1.165, 1.54) is 0 Å². The van der Waals surface area contributed by atoms with Crippen LogP contribution in [0.5, 0.6) is 0 Å². The molecule has 0 bridgehead atoms. The number of rotatable bonds is 3. The van der Waals surface area contributed by atoms with Crippen LogP contribution in [-0.2, 0) is 0 Å². The predicted molar refractivity (Wildman–Crippen MR) is 84.8 cm³/mol. The van der Waals surface area contributed by atoms with Crippen LogP contribution in [0.3, 0.4) is 0 Å². The lowest BCUT2D eigenvalue weighted by atomic mass is 10.0. The van der Waals surface area contributed by atoms with E-state index in [-0.39, 0.29) is 11.9 Å². The Hall–Kier alpha value is -2.69. The van der Waals surface area contributed by atoms with Crippen molar-refractivity contribution < 1.29 is 4.79 Å². The first-order valence-corrected chi connectivity index (χ1v) is 7.24. The highest BCUT2D eigenvalue weighted by Crippen LogP contribution is 2.15. The summed E-state index contributed by atoms with van der Waals surface area (Å²) in [5, 5.41) is 11.3. The second-order valence-electron chi connectivity index (χ2n) is 5.50. The van der Waals surface area contributed by atoms with Crippen LogP contribution in [0.4, 0.5) is 0 Å². The lowest BCUT2D eigenvalue weighted by molar-refractivity contribution is 0.0937. The minimum absolute atomic E-state index is 0.0959. The molecule has 3 rings (SSSR count). The van der Waals surface area contributed by atoms with Gasteiger partial charge < -0.3 is 5.32 Å². The van der Waals surface area contributed by atoms with Crippen molar-refractivity contribution in [3.8, 4) is 0 Å². The van der Waals surface area contributed by atoms with Crippen molar-refractivity contribution >= 4 is 11.6 Å². The van der Waals surface area contributed by atoms with Crippen molar-refractivity contribution in [2.45, 2.75) is 26.8 Å². The number of amides is 1. The zero-order valence-corrected chi connectivity index (χ0v) is 12.9. The minimum atomic E-state index is -0.232. The molecule has 0 unspecified atom stereocenters. The van der Waals surface area contributed by atoms with Gasteiger partial charge in [-0.25, -0.2) is 0 Å². The monoisotopic (exact) mass is 294 g/mol. The van der Waals surface area contributed by atoms with Gasteiger partial charge in [0.2, 0.25) is 0 Å². The molecule has 22 heavy (non-hydrogen) atoms. The summed E-state index contributed by atoms with van der Waals surface area (Å²) in [5.74, 6) is 0.621. The quantitative estimate of drug-likeness (QED) is 0.808. The Morgan fingerprint density at radius 1 is 1.18 bits per heavy atom. The second kappa shape index (κ2) is 5.60. The Labute approximate surface area is 129 Å². The molecule has 0 saturated carbocycles. The number of hydrogen-bond donors (Lipinski definition) is 1. The number of nitrogens with one attached hydrogen (secondary N) is 1. The summed E-state index contributed by atoms with van der Waals surface area (Å²) in [6.45, 7) is 5.82. The number of hydrogen-bond acceptors (Lipinski definition) is 3. The summed E-state index contributed by atoms with van der Waals surface area (Å²) in [4.78, 5) is 12.5. The molecule has 112 valence electrons. The maximum Gasteiger partial charge on any atom is 0.252 e. The third-order valence-corrected chi connectivity index (χ3v) is 3.71. The highest BCUT2D eigenvalue weighted by atomic mass is 16.1. The molecule has 3 aromatic rings. The summed E-state index contributed by atoms with van der Waals surface area (Å²) < 4.78 is 1.88. The number of carbonyl (C=O) groups is 1. The molecule has 1 N–H and O–H groups in total. The molecule has 0 aliphatic rings. The van der Waals surface area contributed by atoms with Crippen molar-refractivity contribution in [2.75, 3.05) is 0 Å². The molecule has 0 radical (unpaired) electrons. The first kappa shape index (κ1) is 14.3. The number of benzene rings is 1. The van der Waals surface area contributed by atoms with Crippen LogP contribution in [0, 0.1) is 13.8 Å². The number of aryl methyl sites for hydroxylation is 2. The van der Waals surface area contributed by atoms with E-state index in [2.05, 4.69) is 15.5 Å². The molecule has 1 aromatic carbocycles. The van der Waals surface area contributed by atoms with Gasteiger partial charge in [0.15, 0.2) is 11.5 Å². The van der Waals surface area contributed by atoms with Crippen LogP contribution in [0.1, 0.15) is 40.3 Å². The summed E-state index contributed by atoms with van der Waals surface area (Å²) in [6.07, 6.45) is 1.89. The van der Waals surface area contributed by atoms with Crippen molar-refractivity contribution in [2.24, 2.45) is 0 Å². The van der Waals surface area contributed by atoms with E-state index in [0.717, 1.165) is 16.8 Å². The largest absolute Gasteiger partial charge is 0.342 e. The average molecular weight is 294 g/mol. The van der Waals surface area contributed by atoms with Gasteiger partial charge in [0.25, 0.3) is 5.91 Å². The van der Waals surface area contributed by atoms with E-state index in [9.17, 15) is 4.79 Å². The van der Waals surface area contributed by atoms with Crippen LogP contribution in [0.25, 0.3) is 5.65 Å². The molecule has 0 aliphatic carbocycles. The van der Waals surface area contributed by atoms with Gasteiger partial charge in [-0.3, -0.25) is 9.20 Å². The van der Waals surface area contributed by atoms with Crippen molar-refractivity contribution in [1.29, 1.82) is 0 Å². The fourth-order valence-electron chi connectivity index (χ4n) is 2.47. The molecule has 1 atom stereocenters. The van der Waals surface area contributed by atoms with E-state index >= 15 is 0 Å². The van der Waals surface area contributed by atoms with E-state index in [4.69, 9.17) is 0 Å². The van der Waals surface area contributed by atoms with Gasteiger partial charge >= 0.3 is 0 Å². The van der Waals surface area contributed by atoms with Gasteiger partial charge in [-0.1, -0.05) is 23.8 Å². The van der Waals surface area contributed by atoms with E-state index in [0.29, 0.717) is 11.4 Å². The van der Waals surface area contributed by atoms with Crippen LogP contribution in [0.2, 0.25) is 0 Å². The maximum atomic E-state index is 12.5. The first-order chi connectivity index (χ1) is 10.6. The Bertz CT molecular complexity index is 838. The van der Waals surface area contributed by atoms with Crippen molar-refractivity contribution in [3.63, 3.8) is 0 Å². The normalized spacial score (nSPS) is 12.3. The number of fused-ring (bicyclic) bond motifs is 1. The standard InChI is InChI=1S/C17H18N4O/c1-11-7-8-12(2)14(10-11)17(22)18-13(3)16-20-19-15-6-4-5-9-21(15)16/h4-10,13H,1-3H3,(H,18,22)/t13-/m0/s1. The summed E-state index contributed by atoms with van der Waals surface area (Å²) in [5.41, 5.74) is 3.49. The Morgan fingerprint density at radius 3 is 2.82 bits per heavy atom. The predicted octanol–water partition coefficient (Wildman–Crippen LogP) is 2.84. The molecule has 2 heterocycles. The topological polar surface area (TPSA) is 59.3 Å². The Kier molecular flexibility index (Phi) is 3.63. The number of carbonyl (C=O) groups excluding carboxylic acids is 1. The summed E-state index contributed by atoms with van der Waals surface area (Å²) in [7, 11) is 0. The molecule has 5 heteroatoms. The smallest absolute Gasteiger partial charge is 0.252 e. The van der Waals surface area contributed by atoms with Crippen LogP contribution in [0.15, 0.2) is 42.6 Å². The van der Waals surface area contributed by atoms with Gasteiger partial charge in [0, 0.05) is 11.8 Å². The molecule has 1 amide bonds. The number of nitrogens with zero attached hydrogens (tertiary/aromatic N) is 3. The molecule has 0 aliphatic heterocycles. The highest BCUT2D eigenvalue weighted by molar-refractivity contribution is 5.96. The third kappa shape index (κ3) is 2.57. The summed E-state index contributed by atoms with van der Waals surface area (Å²) in [6, 6.07) is 11.3. The zero-order valence-electron chi connectivity index (χ0n) is 12.9. The molecular weight excluding hydrogens is 276 g/mol. The lowest BCUT2D eigenvalue weighted by Gasteiger charge is -2.14. The molecule has 0 saturated heterocycles. The third-order valence-electron chi connectivity index (χ3n) is 3.71. The van der Waals surface area contributed by atoms with Crippen molar-refractivity contribution in [3.05, 3.63) is 65.1 Å². The lowest BCUT2D eigenvalue weighted by Crippen LogP contribution is -2.28. The highest BCUT2D eigenvalue weighted by Gasteiger charge is 2.17. The zero-order chi connectivity index (χ0) is 15.7. The molecule has 5 nitrogen and oxygen atoms in total. The van der Waals surface area contributed by atoms with Gasteiger partial charge in [0.1, 0.15) is 0 Å². The number of pyridine rings is 1. The minimum Gasteiger partial charge on any atom is -0.342 e. The Balaban J connectivity index is 1.86. The number of aromatic nitrogens is 3. The van der Waals surface area contributed by atoms with Gasteiger partial charge in [-0.05, 0) is 44.5 Å². The van der Waals surface area contributed by atoms with Crippen molar-refractivity contribution in [1.82, 2.24) is 19.9 Å². The van der Waals surface area contributed by atoms with Crippen LogP contribution >= 0.6 is 0 Å². The van der Waals surface area contributed by atoms with Crippen LogP contribution < -0.4 is 5.32 Å². The Morgan fingerprint density at radius 2 is 2.00 bits per heavy atom. The molecule has 2 aromatic heterocycles. The second-order valence-corrected chi connectivity index (χ2v) is 5.50. The molecule has 0 fully saturated rings. The average Bonchev–Trinajstić information content (AvgIpc) is 2.93. The van der Waals surface area contributed by atoms with E-state index in [1.54, 1.807) is 0 Å². The fraction of sp³-hybridized carbons (Fsp3) is 0.235. The van der Waals surface area contributed by atoms with Gasteiger partial charge in [-0.2, -0.15) is 0 Å². The molecular formula is C17H18N4O. The van der Waals surface area contributed by atoms with Gasteiger partial charge in [-0.15, -0.1) is 10.2 Å². The maximum absolute atomic E-state index is 12.5. The summed E-state index contributed by atoms with van der Waals surface area (Å²) >= 11 is 0. The fourth-order valence-corrected chi connectivity index (χ4v) is 2.47. The van der Waals surface area contributed by atoms with Gasteiger partial charge in [0.05, 0.1) is 6.04 Å². The van der Waals surface area contributed by atoms with Crippen LogP contribution in [-0.4, -0.2) is 20.5 Å². The SMILES string of the molecule is Cc1ccc(C)c(C(=O)N[C@@H](C)c2nnc3ccccn23)c1. The molecule has 0 spiro atoms. The van der Waals surface area contributed by atoms with E-state index in [1.807, 2.05) is 67.8 Å². The first-order valence-electron chi connectivity index (χ1n) is 7.24. The van der Waals surface area contributed by atoms with E-state index < -0.39 is 0 Å².